The molecular weight excluding hydrogens is 532 g/mol. The Bertz CT molecular complexity index is 1380. The summed E-state index contributed by atoms with van der Waals surface area (Å²) in [4.78, 5) is 12.8. The van der Waals surface area contributed by atoms with Crippen molar-refractivity contribution in [1.29, 1.82) is 0 Å². The number of ether oxygens (including phenoxy) is 4. The van der Waals surface area contributed by atoms with Gasteiger partial charge in [-0.3, -0.25) is 9.10 Å². The summed E-state index contributed by atoms with van der Waals surface area (Å²) in [6.07, 6.45) is 0. The Kier molecular flexibility index (Phi) is 9.71. The third-order valence-electron chi connectivity index (χ3n) is 5.53. The monoisotopic (exact) mass is 562 g/mol. The number of carbonyl (C=O) groups is 1. The van der Waals surface area contributed by atoms with Crippen LogP contribution in [0.1, 0.15) is 11.1 Å². The number of nitrogens with zero attached hydrogens (tertiary/aromatic N) is 1. The van der Waals surface area contributed by atoms with E-state index in [-0.39, 0.29) is 40.3 Å². The molecule has 0 aliphatic rings. The molecule has 0 saturated carbocycles. The first kappa shape index (κ1) is 28.9. The molecule has 11 heteroatoms. The maximum atomic E-state index is 13.8. The van der Waals surface area contributed by atoms with Crippen LogP contribution < -0.4 is 28.6 Å². The van der Waals surface area contributed by atoms with Crippen LogP contribution in [0.2, 0.25) is 5.02 Å². The van der Waals surface area contributed by atoms with Crippen LogP contribution in [-0.2, 0) is 14.8 Å². The van der Waals surface area contributed by atoms with Crippen molar-refractivity contribution in [3.63, 3.8) is 0 Å². The van der Waals surface area contributed by atoms with Gasteiger partial charge in [-0.05, 0) is 67.4 Å². The third kappa shape index (κ3) is 7.02. The lowest BCUT2D eigenvalue weighted by molar-refractivity contribution is -0.119. The second-order valence-corrected chi connectivity index (χ2v) is 10.7. The molecule has 1 amide bonds. The lowest BCUT2D eigenvalue weighted by atomic mass is 10.1. The van der Waals surface area contributed by atoms with Crippen molar-refractivity contribution in [2.24, 2.45) is 0 Å². The van der Waals surface area contributed by atoms with Gasteiger partial charge < -0.3 is 24.3 Å². The van der Waals surface area contributed by atoms with E-state index in [1.54, 1.807) is 6.07 Å². The van der Waals surface area contributed by atoms with Gasteiger partial charge in [0.25, 0.3) is 10.0 Å². The van der Waals surface area contributed by atoms with Crippen LogP contribution in [0, 0.1) is 13.8 Å². The summed E-state index contributed by atoms with van der Waals surface area (Å²) in [7, 11) is -0.0209. The molecule has 0 aliphatic carbocycles. The first-order valence-corrected chi connectivity index (χ1v) is 13.5. The molecule has 0 fully saturated rings. The molecule has 204 valence electrons. The molecule has 3 rings (SSSR count). The highest BCUT2D eigenvalue weighted by Gasteiger charge is 2.30. The van der Waals surface area contributed by atoms with E-state index < -0.39 is 22.5 Å². The van der Waals surface area contributed by atoms with E-state index >= 15 is 0 Å². The molecule has 0 aromatic heterocycles. The van der Waals surface area contributed by atoms with Gasteiger partial charge in [-0.15, -0.1) is 0 Å². The van der Waals surface area contributed by atoms with Crippen molar-refractivity contribution in [1.82, 2.24) is 5.32 Å². The van der Waals surface area contributed by atoms with Crippen molar-refractivity contribution in [3.05, 3.63) is 70.7 Å². The van der Waals surface area contributed by atoms with Crippen LogP contribution in [-0.4, -0.2) is 55.4 Å². The highest BCUT2D eigenvalue weighted by atomic mass is 35.5. The molecular formula is C27H31ClN2O7S. The largest absolute Gasteiger partial charge is 0.495 e. The number of amides is 1. The lowest BCUT2D eigenvalue weighted by Crippen LogP contribution is -2.42. The molecule has 1 N–H and O–H groups in total. The number of benzene rings is 3. The Labute approximate surface area is 228 Å². The van der Waals surface area contributed by atoms with Gasteiger partial charge in [0, 0.05) is 11.1 Å². The number of carbonyl (C=O) groups excluding carboxylic acids is 1. The maximum absolute atomic E-state index is 13.8. The maximum Gasteiger partial charge on any atom is 0.265 e. The summed E-state index contributed by atoms with van der Waals surface area (Å²) >= 11 is 6.19. The second-order valence-electron chi connectivity index (χ2n) is 8.37. The van der Waals surface area contributed by atoms with E-state index in [0.29, 0.717) is 11.5 Å². The number of nitrogens with one attached hydrogen (secondary N) is 1. The molecule has 0 unspecified atom stereocenters. The van der Waals surface area contributed by atoms with E-state index in [1.165, 1.54) is 51.7 Å². The fraction of sp³-hybridized carbons (Fsp3) is 0.296. The molecule has 0 spiro atoms. The SMILES string of the molecule is COc1ccc(S(=O)(=O)N(CC(=O)NCCOc2cc(C)cc(C)c2)c2cc(Cl)ccc2OC)cc1OC. The molecule has 3 aromatic rings. The first-order valence-electron chi connectivity index (χ1n) is 11.6. The van der Waals surface area contributed by atoms with Crippen molar-refractivity contribution in [3.8, 4) is 23.0 Å². The number of rotatable bonds is 12. The fourth-order valence-electron chi connectivity index (χ4n) is 3.82. The van der Waals surface area contributed by atoms with Gasteiger partial charge in [-0.1, -0.05) is 17.7 Å². The first-order chi connectivity index (χ1) is 18.1. The van der Waals surface area contributed by atoms with Crippen LogP contribution in [0.4, 0.5) is 5.69 Å². The number of hydrogen-bond acceptors (Lipinski definition) is 7. The van der Waals surface area contributed by atoms with Crippen molar-refractivity contribution in [2.75, 3.05) is 45.3 Å². The quantitative estimate of drug-likeness (QED) is 0.327. The molecule has 0 atom stereocenters. The van der Waals surface area contributed by atoms with Gasteiger partial charge in [-0.2, -0.15) is 0 Å². The fourth-order valence-corrected chi connectivity index (χ4v) is 5.43. The molecule has 0 radical (unpaired) electrons. The Morgan fingerprint density at radius 2 is 1.50 bits per heavy atom. The molecule has 38 heavy (non-hydrogen) atoms. The van der Waals surface area contributed by atoms with Crippen LogP contribution in [0.25, 0.3) is 0 Å². The summed E-state index contributed by atoms with van der Waals surface area (Å²) in [5.74, 6) is 0.960. The second kappa shape index (κ2) is 12.7. The number of aryl methyl sites for hydroxylation is 2. The number of hydrogen-bond donors (Lipinski definition) is 1. The summed E-state index contributed by atoms with van der Waals surface area (Å²) in [6, 6.07) is 14.5. The van der Waals surface area contributed by atoms with E-state index in [2.05, 4.69) is 5.32 Å². The number of anilines is 1. The van der Waals surface area contributed by atoms with Crippen LogP contribution >= 0.6 is 11.6 Å². The molecule has 9 nitrogen and oxygen atoms in total. The Morgan fingerprint density at radius 1 is 0.868 bits per heavy atom. The van der Waals surface area contributed by atoms with Crippen molar-refractivity contribution >= 4 is 33.2 Å². The number of methoxy groups -OCH3 is 3. The van der Waals surface area contributed by atoms with Gasteiger partial charge in [0.05, 0.1) is 38.5 Å². The zero-order chi connectivity index (χ0) is 27.9. The van der Waals surface area contributed by atoms with E-state index in [0.717, 1.165) is 15.4 Å². The zero-order valence-corrected chi connectivity index (χ0v) is 23.5. The lowest BCUT2D eigenvalue weighted by Gasteiger charge is -2.26. The predicted octanol–water partition coefficient (Wildman–Crippen LogP) is 4.37. The summed E-state index contributed by atoms with van der Waals surface area (Å²) in [5, 5.41) is 2.98. The Hall–Kier alpha value is -3.63. The van der Waals surface area contributed by atoms with Gasteiger partial charge in [0.1, 0.15) is 24.7 Å². The van der Waals surface area contributed by atoms with Crippen LogP contribution in [0.3, 0.4) is 0 Å². The molecule has 0 aliphatic heterocycles. The van der Waals surface area contributed by atoms with Gasteiger partial charge >= 0.3 is 0 Å². The van der Waals surface area contributed by atoms with Gasteiger partial charge in [0.2, 0.25) is 5.91 Å². The van der Waals surface area contributed by atoms with E-state index in [1.807, 2.05) is 32.0 Å². The summed E-state index contributed by atoms with van der Waals surface area (Å²) < 4.78 is 50.2. The van der Waals surface area contributed by atoms with Crippen LogP contribution in [0.15, 0.2) is 59.5 Å². The number of sulfonamides is 1. The smallest absolute Gasteiger partial charge is 0.265 e. The van der Waals surface area contributed by atoms with Gasteiger partial charge in [-0.25, -0.2) is 8.42 Å². The van der Waals surface area contributed by atoms with Crippen molar-refractivity contribution < 1.29 is 32.2 Å². The minimum absolute atomic E-state index is 0.108. The average Bonchev–Trinajstić information content (AvgIpc) is 2.88. The third-order valence-corrected chi connectivity index (χ3v) is 7.52. The van der Waals surface area contributed by atoms with Crippen LogP contribution in [0.5, 0.6) is 23.0 Å². The topological polar surface area (TPSA) is 103 Å². The minimum Gasteiger partial charge on any atom is -0.495 e. The molecule has 3 aromatic carbocycles. The minimum atomic E-state index is -4.27. The Balaban J connectivity index is 1.85. The standard InChI is InChI=1S/C27H31ClN2O7S/c1-18-12-19(2)14-21(13-18)37-11-10-29-27(31)17-30(23-15-20(28)6-8-24(23)34-3)38(32,33)22-7-9-25(35-4)26(16-22)36-5/h6-9,12-16H,10-11,17H2,1-5H3,(H,29,31). The Morgan fingerprint density at radius 3 is 2.13 bits per heavy atom. The highest BCUT2D eigenvalue weighted by Crippen LogP contribution is 2.37. The highest BCUT2D eigenvalue weighted by molar-refractivity contribution is 7.92. The van der Waals surface area contributed by atoms with E-state index in [4.69, 9.17) is 30.5 Å². The molecule has 0 heterocycles. The zero-order valence-electron chi connectivity index (χ0n) is 21.9. The predicted molar refractivity (Wildman–Crippen MR) is 147 cm³/mol. The number of halogens is 1. The average molecular weight is 563 g/mol. The van der Waals surface area contributed by atoms with E-state index in [9.17, 15) is 13.2 Å². The summed E-state index contributed by atoms with van der Waals surface area (Å²) in [5.41, 5.74) is 2.24. The molecule has 0 saturated heterocycles. The summed E-state index contributed by atoms with van der Waals surface area (Å²) in [6.45, 7) is 3.79. The molecule has 0 bridgehead atoms. The normalized spacial score (nSPS) is 11.0. The van der Waals surface area contributed by atoms with Gasteiger partial charge in [0.15, 0.2) is 11.5 Å². The van der Waals surface area contributed by atoms with Crippen molar-refractivity contribution in [2.45, 2.75) is 18.7 Å².